The standard InChI is InChI=1S/C13H12N2O2/c1-17-13(16)11-7-10(8-12(14)15-11)9-5-3-2-4-6-9/h2-8H,1H3,(H2,14,15). The summed E-state index contributed by atoms with van der Waals surface area (Å²) in [6, 6.07) is 13.0. The van der Waals surface area contributed by atoms with Crippen LogP contribution < -0.4 is 5.73 Å². The van der Waals surface area contributed by atoms with Crippen LogP contribution in [0.4, 0.5) is 5.82 Å². The first kappa shape index (κ1) is 11.1. The number of methoxy groups -OCH3 is 1. The summed E-state index contributed by atoms with van der Waals surface area (Å²) in [5.74, 6) is -0.193. The Morgan fingerprint density at radius 3 is 2.53 bits per heavy atom. The van der Waals surface area contributed by atoms with Crippen LogP contribution in [0.3, 0.4) is 0 Å². The normalized spacial score (nSPS) is 9.94. The van der Waals surface area contributed by atoms with E-state index in [0.717, 1.165) is 11.1 Å². The van der Waals surface area contributed by atoms with Crippen LogP contribution in [0.15, 0.2) is 42.5 Å². The minimum absolute atomic E-state index is 0.214. The second kappa shape index (κ2) is 4.65. The molecule has 0 spiro atoms. The van der Waals surface area contributed by atoms with Gasteiger partial charge in [0.25, 0.3) is 0 Å². The van der Waals surface area contributed by atoms with Crippen molar-refractivity contribution < 1.29 is 9.53 Å². The molecule has 0 saturated heterocycles. The Hall–Kier alpha value is -2.36. The number of nitrogen functional groups attached to an aromatic ring is 1. The van der Waals surface area contributed by atoms with Crippen LogP contribution in [0.1, 0.15) is 10.5 Å². The van der Waals surface area contributed by atoms with Gasteiger partial charge >= 0.3 is 5.97 Å². The lowest BCUT2D eigenvalue weighted by Crippen LogP contribution is -2.06. The van der Waals surface area contributed by atoms with Gasteiger partial charge in [-0.1, -0.05) is 30.3 Å². The zero-order valence-electron chi connectivity index (χ0n) is 9.38. The maximum absolute atomic E-state index is 11.4. The van der Waals surface area contributed by atoms with Crippen LogP contribution in [0, 0.1) is 0 Å². The number of nitrogens with two attached hydrogens (primary N) is 1. The average molecular weight is 228 g/mol. The summed E-state index contributed by atoms with van der Waals surface area (Å²) in [5, 5.41) is 0. The second-order valence-electron chi connectivity index (χ2n) is 3.52. The van der Waals surface area contributed by atoms with E-state index in [4.69, 9.17) is 5.73 Å². The highest BCUT2D eigenvalue weighted by Crippen LogP contribution is 2.21. The van der Waals surface area contributed by atoms with Gasteiger partial charge in [-0.05, 0) is 23.3 Å². The SMILES string of the molecule is COC(=O)c1cc(-c2ccccc2)cc(N)n1. The lowest BCUT2D eigenvalue weighted by molar-refractivity contribution is 0.0594. The molecule has 0 fully saturated rings. The number of anilines is 1. The van der Waals surface area contributed by atoms with E-state index in [-0.39, 0.29) is 5.69 Å². The Bertz CT molecular complexity index is 538. The molecule has 0 bridgehead atoms. The highest BCUT2D eigenvalue weighted by atomic mass is 16.5. The molecule has 1 aromatic carbocycles. The molecule has 0 unspecified atom stereocenters. The fraction of sp³-hybridized carbons (Fsp3) is 0.0769. The number of hydrogen-bond acceptors (Lipinski definition) is 4. The molecule has 2 rings (SSSR count). The number of aromatic nitrogens is 1. The van der Waals surface area contributed by atoms with Crippen molar-refractivity contribution in [3.05, 3.63) is 48.2 Å². The van der Waals surface area contributed by atoms with Crippen LogP contribution in [-0.2, 0) is 4.74 Å². The molecule has 2 N–H and O–H groups in total. The van der Waals surface area contributed by atoms with Crippen LogP contribution in [-0.4, -0.2) is 18.1 Å². The van der Waals surface area contributed by atoms with Crippen molar-refractivity contribution in [1.82, 2.24) is 4.98 Å². The Kier molecular flexibility index (Phi) is 3.05. The van der Waals surface area contributed by atoms with Gasteiger partial charge in [-0.3, -0.25) is 0 Å². The van der Waals surface area contributed by atoms with Crippen molar-refractivity contribution in [2.24, 2.45) is 0 Å². The molecule has 4 heteroatoms. The van der Waals surface area contributed by atoms with E-state index in [9.17, 15) is 4.79 Å². The minimum Gasteiger partial charge on any atom is -0.464 e. The molecule has 0 aliphatic rings. The fourth-order valence-electron chi connectivity index (χ4n) is 1.56. The third kappa shape index (κ3) is 2.42. The lowest BCUT2D eigenvalue weighted by Gasteiger charge is -2.05. The number of benzene rings is 1. The monoisotopic (exact) mass is 228 g/mol. The highest BCUT2D eigenvalue weighted by molar-refractivity contribution is 5.89. The first-order valence-electron chi connectivity index (χ1n) is 5.12. The van der Waals surface area contributed by atoms with Crippen LogP contribution in [0.2, 0.25) is 0 Å². The average Bonchev–Trinajstić information content (AvgIpc) is 2.38. The van der Waals surface area contributed by atoms with Crippen molar-refractivity contribution in [3.8, 4) is 11.1 Å². The summed E-state index contributed by atoms with van der Waals surface area (Å²) in [7, 11) is 1.31. The zero-order chi connectivity index (χ0) is 12.3. The van der Waals surface area contributed by atoms with Gasteiger partial charge in [0.05, 0.1) is 7.11 Å². The van der Waals surface area contributed by atoms with Gasteiger partial charge < -0.3 is 10.5 Å². The molecule has 0 atom stereocenters. The van der Waals surface area contributed by atoms with Gasteiger partial charge in [0.15, 0.2) is 5.69 Å². The summed E-state index contributed by atoms with van der Waals surface area (Å²) in [6.45, 7) is 0. The minimum atomic E-state index is -0.491. The number of pyridine rings is 1. The van der Waals surface area contributed by atoms with Crippen LogP contribution in [0.5, 0.6) is 0 Å². The largest absolute Gasteiger partial charge is 0.464 e. The third-order valence-electron chi connectivity index (χ3n) is 2.35. The molecule has 86 valence electrons. The van der Waals surface area contributed by atoms with Crippen molar-refractivity contribution in [3.63, 3.8) is 0 Å². The molecular weight excluding hydrogens is 216 g/mol. The van der Waals surface area contributed by atoms with E-state index in [1.54, 1.807) is 12.1 Å². The smallest absolute Gasteiger partial charge is 0.356 e. The van der Waals surface area contributed by atoms with Crippen molar-refractivity contribution >= 4 is 11.8 Å². The number of ether oxygens (including phenoxy) is 1. The summed E-state index contributed by atoms with van der Waals surface area (Å²) in [5.41, 5.74) is 7.71. The maximum Gasteiger partial charge on any atom is 0.356 e. The molecule has 4 nitrogen and oxygen atoms in total. The number of rotatable bonds is 2. The maximum atomic E-state index is 11.4. The van der Waals surface area contributed by atoms with E-state index in [0.29, 0.717) is 5.82 Å². The highest BCUT2D eigenvalue weighted by Gasteiger charge is 2.10. The molecule has 0 amide bonds. The quantitative estimate of drug-likeness (QED) is 0.799. The molecule has 0 aliphatic heterocycles. The summed E-state index contributed by atoms with van der Waals surface area (Å²) in [6.07, 6.45) is 0. The molecule has 0 saturated carbocycles. The van der Waals surface area contributed by atoms with Crippen molar-refractivity contribution in [2.45, 2.75) is 0 Å². The second-order valence-corrected chi connectivity index (χ2v) is 3.52. The molecule has 0 radical (unpaired) electrons. The van der Waals surface area contributed by atoms with Crippen LogP contribution in [0.25, 0.3) is 11.1 Å². The molecular formula is C13H12N2O2. The van der Waals surface area contributed by atoms with Gasteiger partial charge in [0, 0.05) is 0 Å². The van der Waals surface area contributed by atoms with E-state index >= 15 is 0 Å². The third-order valence-corrected chi connectivity index (χ3v) is 2.35. The lowest BCUT2D eigenvalue weighted by atomic mass is 10.1. The summed E-state index contributed by atoms with van der Waals surface area (Å²) >= 11 is 0. The number of carbonyl (C=O) groups excluding carboxylic acids is 1. The Morgan fingerprint density at radius 1 is 1.18 bits per heavy atom. The number of esters is 1. The number of hydrogen-bond donors (Lipinski definition) is 1. The molecule has 17 heavy (non-hydrogen) atoms. The topological polar surface area (TPSA) is 65.2 Å². The fourth-order valence-corrected chi connectivity index (χ4v) is 1.56. The van der Waals surface area contributed by atoms with Gasteiger partial charge in [-0.15, -0.1) is 0 Å². The summed E-state index contributed by atoms with van der Waals surface area (Å²) < 4.78 is 4.63. The molecule has 1 aromatic heterocycles. The molecule has 0 aliphatic carbocycles. The van der Waals surface area contributed by atoms with Crippen molar-refractivity contribution in [1.29, 1.82) is 0 Å². The Labute approximate surface area is 99.1 Å². The predicted molar refractivity (Wildman–Crippen MR) is 65.4 cm³/mol. The first-order valence-corrected chi connectivity index (χ1v) is 5.12. The number of carbonyl (C=O) groups is 1. The van der Waals surface area contributed by atoms with Crippen LogP contribution >= 0.6 is 0 Å². The van der Waals surface area contributed by atoms with Gasteiger partial charge in [-0.25, -0.2) is 9.78 Å². The van der Waals surface area contributed by atoms with Gasteiger partial charge in [0.2, 0.25) is 0 Å². The first-order chi connectivity index (χ1) is 8.20. The molecule has 1 heterocycles. The zero-order valence-corrected chi connectivity index (χ0v) is 9.38. The Morgan fingerprint density at radius 2 is 1.88 bits per heavy atom. The summed E-state index contributed by atoms with van der Waals surface area (Å²) in [4.78, 5) is 15.3. The van der Waals surface area contributed by atoms with E-state index in [1.165, 1.54) is 7.11 Å². The van der Waals surface area contributed by atoms with E-state index in [2.05, 4.69) is 9.72 Å². The van der Waals surface area contributed by atoms with Gasteiger partial charge in [-0.2, -0.15) is 0 Å². The van der Waals surface area contributed by atoms with E-state index < -0.39 is 5.97 Å². The predicted octanol–water partition coefficient (Wildman–Crippen LogP) is 2.12. The van der Waals surface area contributed by atoms with E-state index in [1.807, 2.05) is 30.3 Å². The number of nitrogens with zero attached hydrogens (tertiary/aromatic N) is 1. The van der Waals surface area contributed by atoms with Crippen molar-refractivity contribution in [2.75, 3.05) is 12.8 Å². The molecule has 2 aromatic rings. The Balaban J connectivity index is 2.49. The van der Waals surface area contributed by atoms with Gasteiger partial charge in [0.1, 0.15) is 5.82 Å².